The molecule has 6 heteroatoms. The standard InChI is InChI=1S/C24H34FN3O2/c1-18-7-4-5-12-28(18)24(30)22(19-8-2-3-9-19)26-13-15-27(16-14-26)23(29)20-10-6-11-21(25)17-20/h6,10-11,17-19,22H,2-5,7-9,12-16H2,1H3/t18-,22+/m1/s1. The SMILES string of the molecule is C[C@@H]1CCCCN1C(=O)[C@H](C1CCCC1)N1CCN(C(=O)c2cccc(F)c2)CC1. The third-order valence-corrected chi connectivity index (χ3v) is 7.25. The Morgan fingerprint density at radius 3 is 2.33 bits per heavy atom. The van der Waals surface area contributed by atoms with Crippen molar-refractivity contribution in [2.75, 3.05) is 32.7 Å². The highest BCUT2D eigenvalue weighted by molar-refractivity contribution is 5.94. The van der Waals surface area contributed by atoms with Gasteiger partial charge in [0.25, 0.3) is 5.91 Å². The lowest BCUT2D eigenvalue weighted by Gasteiger charge is -2.44. The first kappa shape index (κ1) is 21.3. The van der Waals surface area contributed by atoms with E-state index in [9.17, 15) is 14.0 Å². The van der Waals surface area contributed by atoms with Crippen molar-refractivity contribution in [3.8, 4) is 0 Å². The third-order valence-electron chi connectivity index (χ3n) is 7.25. The molecule has 164 valence electrons. The molecule has 2 aliphatic heterocycles. The average Bonchev–Trinajstić information content (AvgIpc) is 3.28. The molecule has 5 nitrogen and oxygen atoms in total. The van der Waals surface area contributed by atoms with Crippen LogP contribution in [0.3, 0.4) is 0 Å². The Labute approximate surface area is 179 Å². The maximum atomic E-state index is 13.6. The van der Waals surface area contributed by atoms with Gasteiger partial charge in [0, 0.05) is 44.3 Å². The van der Waals surface area contributed by atoms with Gasteiger partial charge in [0.05, 0.1) is 6.04 Å². The van der Waals surface area contributed by atoms with Crippen molar-refractivity contribution < 1.29 is 14.0 Å². The van der Waals surface area contributed by atoms with Crippen LogP contribution in [0.4, 0.5) is 4.39 Å². The number of carbonyl (C=O) groups is 2. The van der Waals surface area contributed by atoms with Crippen LogP contribution in [0.1, 0.15) is 62.2 Å². The number of hydrogen-bond donors (Lipinski definition) is 0. The van der Waals surface area contributed by atoms with Crippen molar-refractivity contribution >= 4 is 11.8 Å². The number of nitrogens with zero attached hydrogens (tertiary/aromatic N) is 3. The second kappa shape index (κ2) is 9.46. The lowest BCUT2D eigenvalue weighted by atomic mass is 9.92. The summed E-state index contributed by atoms with van der Waals surface area (Å²) in [6, 6.07) is 6.17. The molecule has 2 amide bonds. The highest BCUT2D eigenvalue weighted by Gasteiger charge is 2.40. The molecule has 0 aromatic heterocycles. The Morgan fingerprint density at radius 1 is 0.967 bits per heavy atom. The summed E-state index contributed by atoms with van der Waals surface area (Å²) in [5, 5.41) is 0. The van der Waals surface area contributed by atoms with Gasteiger partial charge in [-0.15, -0.1) is 0 Å². The Balaban J connectivity index is 1.44. The quantitative estimate of drug-likeness (QED) is 0.756. The number of piperidine rings is 1. The van der Waals surface area contributed by atoms with Crippen LogP contribution in [-0.4, -0.2) is 71.3 Å². The third kappa shape index (κ3) is 4.53. The molecule has 0 bridgehead atoms. The van der Waals surface area contributed by atoms with Gasteiger partial charge in [-0.2, -0.15) is 0 Å². The van der Waals surface area contributed by atoms with Crippen LogP contribution < -0.4 is 0 Å². The summed E-state index contributed by atoms with van der Waals surface area (Å²) in [5.74, 6) is 0.223. The number of amides is 2. The van der Waals surface area contributed by atoms with Crippen LogP contribution in [-0.2, 0) is 4.79 Å². The molecule has 4 rings (SSSR count). The number of likely N-dealkylation sites (tertiary alicyclic amines) is 1. The predicted molar refractivity (Wildman–Crippen MR) is 115 cm³/mol. The molecule has 30 heavy (non-hydrogen) atoms. The molecule has 0 N–H and O–H groups in total. The van der Waals surface area contributed by atoms with Gasteiger partial charge >= 0.3 is 0 Å². The average molecular weight is 416 g/mol. The van der Waals surface area contributed by atoms with Gasteiger partial charge < -0.3 is 9.80 Å². The number of rotatable bonds is 4. The van der Waals surface area contributed by atoms with E-state index < -0.39 is 0 Å². The van der Waals surface area contributed by atoms with Crippen molar-refractivity contribution in [1.29, 1.82) is 0 Å². The molecule has 2 heterocycles. The first-order valence-corrected chi connectivity index (χ1v) is 11.6. The van der Waals surface area contributed by atoms with Gasteiger partial charge in [0.1, 0.15) is 5.82 Å². The monoisotopic (exact) mass is 415 g/mol. The molecule has 0 radical (unpaired) electrons. The second-order valence-corrected chi connectivity index (χ2v) is 9.20. The smallest absolute Gasteiger partial charge is 0.254 e. The fraction of sp³-hybridized carbons (Fsp3) is 0.667. The number of benzene rings is 1. The van der Waals surface area contributed by atoms with Gasteiger partial charge in [-0.1, -0.05) is 18.9 Å². The highest BCUT2D eigenvalue weighted by Crippen LogP contribution is 2.33. The Bertz CT molecular complexity index is 757. The zero-order valence-corrected chi connectivity index (χ0v) is 18.1. The molecular weight excluding hydrogens is 381 g/mol. The summed E-state index contributed by atoms with van der Waals surface area (Å²) in [6.45, 7) is 5.63. The van der Waals surface area contributed by atoms with Crippen molar-refractivity contribution in [3.05, 3.63) is 35.6 Å². The summed E-state index contributed by atoms with van der Waals surface area (Å²) >= 11 is 0. The van der Waals surface area contributed by atoms with Crippen LogP contribution in [0.15, 0.2) is 24.3 Å². The lowest BCUT2D eigenvalue weighted by Crippen LogP contribution is -2.60. The molecule has 0 spiro atoms. The number of halogens is 1. The lowest BCUT2D eigenvalue weighted by molar-refractivity contribution is -0.143. The van der Waals surface area contributed by atoms with Gasteiger partial charge in [-0.25, -0.2) is 4.39 Å². The molecule has 2 atom stereocenters. The Morgan fingerprint density at radius 2 is 1.67 bits per heavy atom. The molecule has 1 aromatic rings. The van der Waals surface area contributed by atoms with E-state index in [0.717, 1.165) is 32.2 Å². The molecule has 1 aromatic carbocycles. The highest BCUT2D eigenvalue weighted by atomic mass is 19.1. The fourth-order valence-corrected chi connectivity index (χ4v) is 5.53. The zero-order valence-electron chi connectivity index (χ0n) is 18.1. The van der Waals surface area contributed by atoms with Gasteiger partial charge in [0.2, 0.25) is 5.91 Å². The predicted octanol–water partition coefficient (Wildman–Crippen LogP) is 3.54. The van der Waals surface area contributed by atoms with Crippen LogP contribution in [0.2, 0.25) is 0 Å². The van der Waals surface area contributed by atoms with Crippen LogP contribution in [0, 0.1) is 11.7 Å². The molecule has 0 unspecified atom stereocenters. The second-order valence-electron chi connectivity index (χ2n) is 9.20. The van der Waals surface area contributed by atoms with Crippen molar-refractivity contribution in [3.63, 3.8) is 0 Å². The van der Waals surface area contributed by atoms with Gasteiger partial charge in [-0.05, 0) is 63.1 Å². The minimum absolute atomic E-state index is 0.0560. The maximum absolute atomic E-state index is 13.6. The zero-order chi connectivity index (χ0) is 21.1. The topological polar surface area (TPSA) is 43.9 Å². The van der Waals surface area contributed by atoms with Crippen molar-refractivity contribution in [2.24, 2.45) is 5.92 Å². The van der Waals surface area contributed by atoms with Crippen molar-refractivity contribution in [2.45, 2.75) is 64.0 Å². The summed E-state index contributed by atoms with van der Waals surface area (Å²) in [5.41, 5.74) is 0.397. The van der Waals surface area contributed by atoms with Crippen LogP contribution >= 0.6 is 0 Å². The Hall–Kier alpha value is -1.95. The molecule has 3 fully saturated rings. The molecule has 3 aliphatic rings. The van der Waals surface area contributed by atoms with Crippen LogP contribution in [0.5, 0.6) is 0 Å². The largest absolute Gasteiger partial charge is 0.339 e. The Kier molecular flexibility index (Phi) is 6.71. The minimum Gasteiger partial charge on any atom is -0.339 e. The molecular formula is C24H34FN3O2. The summed E-state index contributed by atoms with van der Waals surface area (Å²) in [7, 11) is 0. The van der Waals surface area contributed by atoms with E-state index >= 15 is 0 Å². The van der Waals surface area contributed by atoms with Gasteiger partial charge in [-0.3, -0.25) is 14.5 Å². The van der Waals surface area contributed by atoms with E-state index in [1.165, 1.54) is 31.4 Å². The molecule has 2 saturated heterocycles. The number of piperazine rings is 1. The fourth-order valence-electron chi connectivity index (χ4n) is 5.53. The van der Waals surface area contributed by atoms with E-state index in [1.807, 2.05) is 0 Å². The van der Waals surface area contributed by atoms with E-state index in [0.29, 0.717) is 49.6 Å². The van der Waals surface area contributed by atoms with Crippen molar-refractivity contribution in [1.82, 2.24) is 14.7 Å². The summed E-state index contributed by atoms with van der Waals surface area (Å²) in [6.07, 6.45) is 8.08. The van der Waals surface area contributed by atoms with E-state index in [4.69, 9.17) is 0 Å². The van der Waals surface area contributed by atoms with Crippen LogP contribution in [0.25, 0.3) is 0 Å². The van der Waals surface area contributed by atoms with E-state index in [-0.39, 0.29) is 17.8 Å². The molecule has 1 saturated carbocycles. The number of carbonyl (C=O) groups excluding carboxylic acids is 2. The maximum Gasteiger partial charge on any atom is 0.254 e. The van der Waals surface area contributed by atoms with Gasteiger partial charge in [0.15, 0.2) is 0 Å². The first-order valence-electron chi connectivity index (χ1n) is 11.6. The first-order chi connectivity index (χ1) is 14.5. The summed E-state index contributed by atoms with van der Waals surface area (Å²) < 4.78 is 13.5. The number of hydrogen-bond acceptors (Lipinski definition) is 3. The minimum atomic E-state index is -0.387. The van der Waals surface area contributed by atoms with E-state index in [2.05, 4.69) is 16.7 Å². The van der Waals surface area contributed by atoms with E-state index in [1.54, 1.807) is 17.0 Å². The molecule has 1 aliphatic carbocycles. The summed E-state index contributed by atoms with van der Waals surface area (Å²) in [4.78, 5) is 32.7. The normalized spacial score (nSPS) is 24.8.